The molecule has 1 aliphatic rings. The van der Waals surface area contributed by atoms with Crippen LogP contribution in [0.25, 0.3) is 0 Å². The average Bonchev–Trinajstić information content (AvgIpc) is 2.77. The Hall–Kier alpha value is -3.04. The molecule has 1 fully saturated rings. The molecule has 0 radical (unpaired) electrons. The number of pyridine rings is 1. The lowest BCUT2D eigenvalue weighted by molar-refractivity contribution is 0.383. The van der Waals surface area contributed by atoms with E-state index in [9.17, 15) is 8.42 Å². The molecule has 1 aliphatic heterocycles. The standard InChI is InChI=1S/C21H24N6O2S/c1-16-5-6-19(14-17(16)2)30(28,29)27-12-10-26(11-13-27)21-8-7-20(24-25-21)23-18-4-3-9-22-15-18/h3-9,14-15H,10-13H2,1-2H3,(H,23,24). The fourth-order valence-corrected chi connectivity index (χ4v) is 4.83. The van der Waals surface area contributed by atoms with Crippen LogP contribution in [-0.4, -0.2) is 54.1 Å². The molecule has 156 valence electrons. The van der Waals surface area contributed by atoms with Gasteiger partial charge in [0.15, 0.2) is 11.6 Å². The molecule has 1 aromatic carbocycles. The van der Waals surface area contributed by atoms with Gasteiger partial charge in [-0.2, -0.15) is 4.31 Å². The Balaban J connectivity index is 1.40. The summed E-state index contributed by atoms with van der Waals surface area (Å²) < 4.78 is 27.5. The minimum absolute atomic E-state index is 0.352. The first kappa shape index (κ1) is 20.2. The van der Waals surface area contributed by atoms with Gasteiger partial charge < -0.3 is 10.2 Å². The lowest BCUT2D eigenvalue weighted by Gasteiger charge is -2.34. The number of hydrogen-bond donors (Lipinski definition) is 1. The zero-order valence-electron chi connectivity index (χ0n) is 17.0. The van der Waals surface area contributed by atoms with Crippen molar-refractivity contribution in [3.05, 3.63) is 66.0 Å². The van der Waals surface area contributed by atoms with Crippen LogP contribution in [0, 0.1) is 13.8 Å². The third-order valence-electron chi connectivity index (χ3n) is 5.26. The maximum Gasteiger partial charge on any atom is 0.243 e. The summed E-state index contributed by atoms with van der Waals surface area (Å²) in [5.41, 5.74) is 2.90. The lowest BCUT2D eigenvalue weighted by Crippen LogP contribution is -2.49. The maximum absolute atomic E-state index is 13.0. The van der Waals surface area contributed by atoms with E-state index < -0.39 is 10.0 Å². The SMILES string of the molecule is Cc1ccc(S(=O)(=O)N2CCN(c3ccc(Nc4cccnc4)nn3)CC2)cc1C. The number of hydrogen-bond acceptors (Lipinski definition) is 7. The highest BCUT2D eigenvalue weighted by molar-refractivity contribution is 7.89. The molecule has 9 heteroatoms. The van der Waals surface area contributed by atoms with E-state index in [4.69, 9.17) is 0 Å². The minimum atomic E-state index is -3.49. The van der Waals surface area contributed by atoms with E-state index in [0.717, 1.165) is 22.6 Å². The van der Waals surface area contributed by atoms with Crippen LogP contribution in [0.1, 0.15) is 11.1 Å². The van der Waals surface area contributed by atoms with Crippen molar-refractivity contribution in [1.82, 2.24) is 19.5 Å². The van der Waals surface area contributed by atoms with Gasteiger partial charge >= 0.3 is 0 Å². The topological polar surface area (TPSA) is 91.3 Å². The molecule has 2 aromatic heterocycles. The van der Waals surface area contributed by atoms with Crippen molar-refractivity contribution < 1.29 is 8.42 Å². The van der Waals surface area contributed by atoms with E-state index in [1.54, 1.807) is 28.8 Å². The van der Waals surface area contributed by atoms with Crippen molar-refractivity contribution in [2.75, 3.05) is 36.4 Å². The fraction of sp³-hybridized carbons (Fsp3) is 0.286. The summed E-state index contributed by atoms with van der Waals surface area (Å²) in [5, 5.41) is 11.7. The summed E-state index contributed by atoms with van der Waals surface area (Å²) in [6, 6.07) is 12.8. The summed E-state index contributed by atoms with van der Waals surface area (Å²) in [6.07, 6.45) is 3.42. The van der Waals surface area contributed by atoms with Crippen LogP contribution >= 0.6 is 0 Å². The molecule has 0 aliphatic carbocycles. The number of aryl methyl sites for hydroxylation is 2. The van der Waals surface area contributed by atoms with Gasteiger partial charge in [0.1, 0.15) is 0 Å². The van der Waals surface area contributed by atoms with Gasteiger partial charge in [-0.25, -0.2) is 8.42 Å². The molecule has 0 unspecified atom stereocenters. The number of piperazine rings is 1. The lowest BCUT2D eigenvalue weighted by atomic mass is 10.1. The molecular weight excluding hydrogens is 400 g/mol. The van der Waals surface area contributed by atoms with Crippen LogP contribution in [-0.2, 0) is 10.0 Å². The molecule has 1 saturated heterocycles. The Morgan fingerprint density at radius 2 is 1.73 bits per heavy atom. The highest BCUT2D eigenvalue weighted by atomic mass is 32.2. The fourth-order valence-electron chi connectivity index (χ4n) is 3.33. The largest absolute Gasteiger partial charge is 0.352 e. The van der Waals surface area contributed by atoms with E-state index in [2.05, 4.69) is 20.5 Å². The smallest absolute Gasteiger partial charge is 0.243 e. The molecule has 3 heterocycles. The van der Waals surface area contributed by atoms with E-state index in [-0.39, 0.29) is 0 Å². The predicted molar refractivity (Wildman–Crippen MR) is 116 cm³/mol. The van der Waals surface area contributed by atoms with Crippen LogP contribution in [0.3, 0.4) is 0 Å². The Morgan fingerprint density at radius 1 is 0.933 bits per heavy atom. The van der Waals surface area contributed by atoms with Crippen molar-refractivity contribution in [3.8, 4) is 0 Å². The van der Waals surface area contributed by atoms with Crippen LogP contribution in [0.5, 0.6) is 0 Å². The average molecular weight is 425 g/mol. The van der Waals surface area contributed by atoms with Gasteiger partial charge in [0.05, 0.1) is 16.8 Å². The number of anilines is 3. The maximum atomic E-state index is 13.0. The van der Waals surface area contributed by atoms with E-state index in [0.29, 0.717) is 36.9 Å². The van der Waals surface area contributed by atoms with Crippen molar-refractivity contribution in [3.63, 3.8) is 0 Å². The first-order valence-electron chi connectivity index (χ1n) is 9.76. The van der Waals surface area contributed by atoms with Gasteiger partial charge in [-0.15, -0.1) is 10.2 Å². The van der Waals surface area contributed by atoms with Crippen molar-refractivity contribution in [2.24, 2.45) is 0 Å². The molecule has 4 rings (SSSR count). The van der Waals surface area contributed by atoms with E-state index in [1.807, 2.05) is 49.1 Å². The quantitative estimate of drug-likeness (QED) is 0.673. The van der Waals surface area contributed by atoms with Gasteiger partial charge in [0.25, 0.3) is 0 Å². The molecule has 0 bridgehead atoms. The monoisotopic (exact) mass is 424 g/mol. The Kier molecular flexibility index (Phi) is 5.65. The van der Waals surface area contributed by atoms with Crippen LogP contribution in [0.15, 0.2) is 59.8 Å². The van der Waals surface area contributed by atoms with Crippen LogP contribution in [0.2, 0.25) is 0 Å². The molecule has 30 heavy (non-hydrogen) atoms. The second-order valence-corrected chi connectivity index (χ2v) is 9.22. The van der Waals surface area contributed by atoms with Gasteiger partial charge in [-0.1, -0.05) is 6.07 Å². The zero-order valence-corrected chi connectivity index (χ0v) is 17.8. The normalized spacial score (nSPS) is 15.2. The summed E-state index contributed by atoms with van der Waals surface area (Å²) >= 11 is 0. The molecule has 1 N–H and O–H groups in total. The first-order chi connectivity index (χ1) is 14.4. The van der Waals surface area contributed by atoms with Gasteiger partial charge in [0, 0.05) is 32.4 Å². The highest BCUT2D eigenvalue weighted by Crippen LogP contribution is 2.22. The number of sulfonamides is 1. The number of nitrogens with one attached hydrogen (secondary N) is 1. The Labute approximate surface area is 176 Å². The van der Waals surface area contributed by atoms with E-state index in [1.165, 1.54) is 0 Å². The number of aromatic nitrogens is 3. The molecule has 0 saturated carbocycles. The zero-order chi connectivity index (χ0) is 21.1. The summed E-state index contributed by atoms with van der Waals surface area (Å²) in [7, 11) is -3.49. The molecular formula is C21H24N6O2S. The third kappa shape index (κ3) is 4.27. The van der Waals surface area contributed by atoms with Crippen LogP contribution < -0.4 is 10.2 Å². The molecule has 0 atom stereocenters. The highest BCUT2D eigenvalue weighted by Gasteiger charge is 2.29. The Bertz CT molecular complexity index is 1110. The third-order valence-corrected chi connectivity index (χ3v) is 7.16. The molecule has 0 amide bonds. The van der Waals surface area contributed by atoms with Crippen LogP contribution in [0.4, 0.5) is 17.3 Å². The van der Waals surface area contributed by atoms with Gasteiger partial charge in [-0.3, -0.25) is 4.98 Å². The molecule has 0 spiro atoms. The second-order valence-electron chi connectivity index (χ2n) is 7.28. The molecule has 3 aromatic rings. The summed E-state index contributed by atoms with van der Waals surface area (Å²) in [6.45, 7) is 5.85. The number of rotatable bonds is 5. The van der Waals surface area contributed by atoms with Gasteiger partial charge in [-0.05, 0) is 61.4 Å². The van der Waals surface area contributed by atoms with Crippen molar-refractivity contribution in [2.45, 2.75) is 18.7 Å². The minimum Gasteiger partial charge on any atom is -0.352 e. The Morgan fingerprint density at radius 3 is 2.37 bits per heavy atom. The van der Waals surface area contributed by atoms with Crippen molar-refractivity contribution >= 4 is 27.3 Å². The molecule has 8 nitrogen and oxygen atoms in total. The second kappa shape index (κ2) is 8.37. The van der Waals surface area contributed by atoms with E-state index >= 15 is 0 Å². The first-order valence-corrected chi connectivity index (χ1v) is 11.2. The predicted octanol–water partition coefficient (Wildman–Crippen LogP) is 2.74. The summed E-state index contributed by atoms with van der Waals surface area (Å²) in [4.78, 5) is 6.46. The number of nitrogens with zero attached hydrogens (tertiary/aromatic N) is 5. The van der Waals surface area contributed by atoms with Gasteiger partial charge in [0.2, 0.25) is 10.0 Å². The summed E-state index contributed by atoms with van der Waals surface area (Å²) in [5.74, 6) is 1.36. The number of benzene rings is 1. The van der Waals surface area contributed by atoms with Crippen molar-refractivity contribution in [1.29, 1.82) is 0 Å².